The lowest BCUT2D eigenvalue weighted by atomic mass is 9.90. The summed E-state index contributed by atoms with van der Waals surface area (Å²) >= 11 is 0. The Kier molecular flexibility index (Phi) is 5.31. The molecule has 0 aliphatic carbocycles. The second-order valence-electron chi connectivity index (χ2n) is 6.89. The number of likely N-dealkylation sites (N-methyl/N-ethyl adjacent to an activating group) is 1. The van der Waals surface area contributed by atoms with E-state index in [1.54, 1.807) is 0 Å². The van der Waals surface area contributed by atoms with Crippen LogP contribution in [0.1, 0.15) is 38.2 Å². The van der Waals surface area contributed by atoms with Gasteiger partial charge in [-0.15, -0.1) is 0 Å². The summed E-state index contributed by atoms with van der Waals surface area (Å²) in [5.41, 5.74) is 1.20. The van der Waals surface area contributed by atoms with Crippen molar-refractivity contribution in [2.45, 2.75) is 45.1 Å². The number of benzene rings is 1. The van der Waals surface area contributed by atoms with Crippen LogP contribution >= 0.6 is 0 Å². The van der Waals surface area contributed by atoms with Crippen molar-refractivity contribution >= 4 is 5.91 Å². The van der Waals surface area contributed by atoms with Gasteiger partial charge in [0.25, 0.3) is 0 Å². The highest BCUT2D eigenvalue weighted by molar-refractivity contribution is 5.82. The van der Waals surface area contributed by atoms with E-state index in [0.29, 0.717) is 11.8 Å². The molecule has 0 radical (unpaired) electrons. The highest BCUT2D eigenvalue weighted by atomic mass is 19.1. The fourth-order valence-electron chi connectivity index (χ4n) is 4.01. The Morgan fingerprint density at radius 2 is 1.83 bits per heavy atom. The molecule has 4 heteroatoms. The van der Waals surface area contributed by atoms with Crippen LogP contribution in [0.2, 0.25) is 0 Å². The first-order chi connectivity index (χ1) is 11.2. The van der Waals surface area contributed by atoms with Crippen LogP contribution in [0.4, 0.5) is 4.39 Å². The lowest BCUT2D eigenvalue weighted by molar-refractivity contribution is -0.137. The zero-order valence-corrected chi connectivity index (χ0v) is 14.0. The number of rotatable bonds is 4. The smallest absolute Gasteiger partial charge is 0.239 e. The van der Waals surface area contributed by atoms with Gasteiger partial charge in [-0.05, 0) is 68.8 Å². The van der Waals surface area contributed by atoms with Crippen LogP contribution in [-0.2, 0) is 11.2 Å². The molecule has 1 aromatic rings. The third-order valence-corrected chi connectivity index (χ3v) is 5.42. The van der Waals surface area contributed by atoms with E-state index in [0.717, 1.165) is 58.3 Å². The van der Waals surface area contributed by atoms with E-state index in [4.69, 9.17) is 0 Å². The van der Waals surface area contributed by atoms with Crippen molar-refractivity contribution in [3.63, 3.8) is 0 Å². The number of piperidine rings is 1. The second kappa shape index (κ2) is 7.43. The van der Waals surface area contributed by atoms with Gasteiger partial charge in [0.1, 0.15) is 5.82 Å². The summed E-state index contributed by atoms with van der Waals surface area (Å²) in [5, 5.41) is 0. The maximum atomic E-state index is 13.0. The molecule has 1 aromatic carbocycles. The fourth-order valence-corrected chi connectivity index (χ4v) is 4.01. The van der Waals surface area contributed by atoms with Crippen molar-refractivity contribution in [1.82, 2.24) is 9.80 Å². The van der Waals surface area contributed by atoms with Gasteiger partial charge >= 0.3 is 0 Å². The molecule has 0 N–H and O–H groups in total. The number of hydrogen-bond acceptors (Lipinski definition) is 2. The highest BCUT2D eigenvalue weighted by Gasteiger charge is 2.34. The molecule has 2 saturated heterocycles. The molecule has 2 fully saturated rings. The number of amides is 1. The average Bonchev–Trinajstić information content (AvgIpc) is 3.06. The molecule has 2 aliphatic heterocycles. The van der Waals surface area contributed by atoms with Crippen LogP contribution in [0.15, 0.2) is 24.3 Å². The molecule has 0 aromatic heterocycles. The standard InChI is InChI=1S/C19H27FN2O/c1-2-21-11-3-4-18(21)19(23)22-12-9-16(10-13-22)14-15-5-7-17(20)8-6-15/h5-8,16,18H,2-4,9-14H2,1H3/t18-/m0/s1. The Bertz CT molecular complexity index is 523. The summed E-state index contributed by atoms with van der Waals surface area (Å²) in [6, 6.07) is 6.95. The normalized spacial score (nSPS) is 23.4. The minimum absolute atomic E-state index is 0.119. The summed E-state index contributed by atoms with van der Waals surface area (Å²) in [7, 11) is 0. The molecule has 2 heterocycles. The summed E-state index contributed by atoms with van der Waals surface area (Å²) in [6.45, 7) is 5.92. The SMILES string of the molecule is CCN1CCC[C@H]1C(=O)N1CCC(Cc2ccc(F)cc2)CC1. The average molecular weight is 318 g/mol. The second-order valence-corrected chi connectivity index (χ2v) is 6.89. The lowest BCUT2D eigenvalue weighted by Gasteiger charge is -2.35. The van der Waals surface area contributed by atoms with Crippen molar-refractivity contribution in [3.05, 3.63) is 35.6 Å². The van der Waals surface area contributed by atoms with Crippen molar-refractivity contribution < 1.29 is 9.18 Å². The van der Waals surface area contributed by atoms with E-state index in [1.165, 1.54) is 17.7 Å². The summed E-state index contributed by atoms with van der Waals surface area (Å²) in [5.74, 6) is 0.770. The molecule has 1 atom stereocenters. The van der Waals surface area contributed by atoms with E-state index < -0.39 is 0 Å². The Balaban J connectivity index is 1.50. The monoisotopic (exact) mass is 318 g/mol. The molecule has 0 saturated carbocycles. The molecule has 0 bridgehead atoms. The molecule has 1 amide bonds. The Morgan fingerprint density at radius 3 is 2.48 bits per heavy atom. The predicted octanol–water partition coefficient (Wildman–Crippen LogP) is 3.09. The van der Waals surface area contributed by atoms with Crippen LogP contribution in [0.3, 0.4) is 0 Å². The van der Waals surface area contributed by atoms with Crippen molar-refractivity contribution in [3.8, 4) is 0 Å². The zero-order valence-electron chi connectivity index (χ0n) is 14.0. The number of carbonyl (C=O) groups excluding carboxylic acids is 1. The predicted molar refractivity (Wildman–Crippen MR) is 89.7 cm³/mol. The molecule has 2 aliphatic rings. The van der Waals surface area contributed by atoms with E-state index >= 15 is 0 Å². The van der Waals surface area contributed by atoms with Gasteiger partial charge in [-0.2, -0.15) is 0 Å². The first-order valence-corrected chi connectivity index (χ1v) is 8.94. The van der Waals surface area contributed by atoms with E-state index in [1.807, 2.05) is 12.1 Å². The number of likely N-dealkylation sites (tertiary alicyclic amines) is 2. The topological polar surface area (TPSA) is 23.6 Å². The van der Waals surface area contributed by atoms with Gasteiger partial charge in [-0.3, -0.25) is 9.69 Å². The number of nitrogens with zero attached hydrogens (tertiary/aromatic N) is 2. The first kappa shape index (κ1) is 16.4. The Morgan fingerprint density at radius 1 is 1.13 bits per heavy atom. The van der Waals surface area contributed by atoms with Gasteiger partial charge < -0.3 is 4.90 Å². The van der Waals surface area contributed by atoms with E-state index in [9.17, 15) is 9.18 Å². The van der Waals surface area contributed by atoms with Gasteiger partial charge in [-0.1, -0.05) is 19.1 Å². The van der Waals surface area contributed by atoms with Crippen LogP contribution in [-0.4, -0.2) is 47.9 Å². The summed E-state index contributed by atoms with van der Waals surface area (Å²) < 4.78 is 13.0. The molecule has 0 spiro atoms. The molecule has 23 heavy (non-hydrogen) atoms. The van der Waals surface area contributed by atoms with Crippen LogP contribution in [0.5, 0.6) is 0 Å². The van der Waals surface area contributed by atoms with Gasteiger partial charge in [0.05, 0.1) is 6.04 Å². The first-order valence-electron chi connectivity index (χ1n) is 8.94. The zero-order chi connectivity index (χ0) is 16.2. The highest BCUT2D eigenvalue weighted by Crippen LogP contribution is 2.25. The van der Waals surface area contributed by atoms with Gasteiger partial charge in [0.2, 0.25) is 5.91 Å². The molecule has 0 unspecified atom stereocenters. The van der Waals surface area contributed by atoms with Crippen LogP contribution < -0.4 is 0 Å². The number of hydrogen-bond donors (Lipinski definition) is 0. The maximum absolute atomic E-state index is 13.0. The van der Waals surface area contributed by atoms with Crippen molar-refractivity contribution in [1.29, 1.82) is 0 Å². The van der Waals surface area contributed by atoms with Crippen LogP contribution in [0, 0.1) is 11.7 Å². The minimum Gasteiger partial charge on any atom is -0.341 e. The summed E-state index contributed by atoms with van der Waals surface area (Å²) in [6.07, 6.45) is 5.27. The lowest BCUT2D eigenvalue weighted by Crippen LogP contribution is -2.48. The molecule has 3 nitrogen and oxygen atoms in total. The third kappa shape index (κ3) is 3.92. The van der Waals surface area contributed by atoms with Gasteiger partial charge in [0.15, 0.2) is 0 Å². The quantitative estimate of drug-likeness (QED) is 0.852. The third-order valence-electron chi connectivity index (χ3n) is 5.42. The Labute approximate surface area is 138 Å². The van der Waals surface area contributed by atoms with Crippen LogP contribution in [0.25, 0.3) is 0 Å². The minimum atomic E-state index is -0.175. The van der Waals surface area contributed by atoms with Gasteiger partial charge in [-0.25, -0.2) is 4.39 Å². The molecular weight excluding hydrogens is 291 g/mol. The fraction of sp³-hybridized carbons (Fsp3) is 0.632. The van der Waals surface area contributed by atoms with E-state index in [2.05, 4.69) is 16.7 Å². The van der Waals surface area contributed by atoms with E-state index in [-0.39, 0.29) is 11.9 Å². The van der Waals surface area contributed by atoms with Crippen molar-refractivity contribution in [2.75, 3.05) is 26.2 Å². The molecule has 126 valence electrons. The summed E-state index contributed by atoms with van der Waals surface area (Å²) in [4.78, 5) is 17.1. The molecular formula is C19H27FN2O. The maximum Gasteiger partial charge on any atom is 0.239 e. The van der Waals surface area contributed by atoms with Crippen molar-refractivity contribution in [2.24, 2.45) is 5.92 Å². The number of carbonyl (C=O) groups is 1. The number of halogens is 1. The molecule has 3 rings (SSSR count). The largest absolute Gasteiger partial charge is 0.341 e. The van der Waals surface area contributed by atoms with Gasteiger partial charge in [0, 0.05) is 13.1 Å². The Hall–Kier alpha value is -1.42.